The van der Waals surface area contributed by atoms with Gasteiger partial charge in [0.2, 0.25) is 5.95 Å². The molecule has 0 aliphatic carbocycles. The molecule has 0 saturated heterocycles. The predicted octanol–water partition coefficient (Wildman–Crippen LogP) is 4.57. The molecule has 0 saturated carbocycles. The van der Waals surface area contributed by atoms with E-state index in [2.05, 4.69) is 60.4 Å². The molecule has 1 aromatic carbocycles. The second-order valence-corrected chi connectivity index (χ2v) is 6.48. The molecular weight excluding hydrogens is 272 g/mol. The van der Waals surface area contributed by atoms with Gasteiger partial charge >= 0.3 is 0 Å². The molecule has 2 aromatic rings. The Hall–Kier alpha value is -2.10. The normalized spacial score (nSPS) is 11.3. The van der Waals surface area contributed by atoms with Crippen LogP contribution in [0.3, 0.4) is 0 Å². The zero-order valence-electron chi connectivity index (χ0n) is 14.0. The molecule has 1 aromatic heterocycles. The van der Waals surface area contributed by atoms with E-state index in [9.17, 15) is 0 Å². The van der Waals surface area contributed by atoms with Crippen molar-refractivity contribution >= 4 is 11.8 Å². The van der Waals surface area contributed by atoms with Gasteiger partial charge in [0, 0.05) is 23.7 Å². The third-order valence-electron chi connectivity index (χ3n) is 3.11. The van der Waals surface area contributed by atoms with Crippen LogP contribution in [0, 0.1) is 0 Å². The van der Waals surface area contributed by atoms with Crippen molar-refractivity contribution in [3.05, 3.63) is 36.4 Å². The van der Waals surface area contributed by atoms with E-state index in [0.29, 0.717) is 5.95 Å². The maximum Gasteiger partial charge on any atom is 0.225 e. The van der Waals surface area contributed by atoms with Crippen LogP contribution in [0.2, 0.25) is 0 Å². The summed E-state index contributed by atoms with van der Waals surface area (Å²) in [6, 6.07) is 12.2. The maximum atomic E-state index is 4.64. The van der Waals surface area contributed by atoms with Crippen LogP contribution in [0.25, 0.3) is 11.3 Å². The summed E-state index contributed by atoms with van der Waals surface area (Å²) < 4.78 is 0. The minimum Gasteiger partial charge on any atom is -0.365 e. The summed E-state index contributed by atoms with van der Waals surface area (Å²) in [7, 11) is 0. The smallest absolute Gasteiger partial charge is 0.225 e. The largest absolute Gasteiger partial charge is 0.365 e. The second kappa shape index (κ2) is 7.25. The minimum absolute atomic E-state index is 0.0387. The molecule has 0 unspecified atom stereocenters. The molecule has 0 aliphatic heterocycles. The van der Waals surface area contributed by atoms with Gasteiger partial charge in [-0.3, -0.25) is 0 Å². The lowest BCUT2D eigenvalue weighted by Gasteiger charge is -2.22. The predicted molar refractivity (Wildman–Crippen MR) is 94.2 cm³/mol. The van der Waals surface area contributed by atoms with Crippen molar-refractivity contribution in [2.45, 2.75) is 46.1 Å². The Labute approximate surface area is 133 Å². The van der Waals surface area contributed by atoms with Gasteiger partial charge in [0.15, 0.2) is 0 Å². The molecule has 4 nitrogen and oxygen atoms in total. The van der Waals surface area contributed by atoms with Crippen LogP contribution in [-0.4, -0.2) is 22.1 Å². The number of aromatic nitrogens is 2. The van der Waals surface area contributed by atoms with Gasteiger partial charge in [-0.25, -0.2) is 4.98 Å². The zero-order chi connectivity index (χ0) is 16.0. The van der Waals surface area contributed by atoms with E-state index in [-0.39, 0.29) is 5.54 Å². The molecule has 4 heteroatoms. The summed E-state index contributed by atoms with van der Waals surface area (Å²) in [6.07, 6.45) is 2.26. The van der Waals surface area contributed by atoms with Crippen molar-refractivity contribution in [2.75, 3.05) is 17.2 Å². The fourth-order valence-electron chi connectivity index (χ4n) is 2.11. The first kappa shape index (κ1) is 16.3. The molecule has 2 N–H and O–H groups in total. The molecule has 0 bridgehead atoms. The zero-order valence-corrected chi connectivity index (χ0v) is 14.0. The fourth-order valence-corrected chi connectivity index (χ4v) is 2.11. The molecule has 0 spiro atoms. The molecule has 0 fully saturated rings. The van der Waals surface area contributed by atoms with Crippen LogP contribution in [-0.2, 0) is 0 Å². The topological polar surface area (TPSA) is 49.8 Å². The van der Waals surface area contributed by atoms with Crippen molar-refractivity contribution < 1.29 is 0 Å². The molecule has 1 heterocycles. The highest BCUT2D eigenvalue weighted by Gasteiger charge is 2.13. The SMILES string of the molecule is CCCCNc1nc(NC(C)(C)C)cc(-c2ccccc2)n1. The number of nitrogens with one attached hydrogen (secondary N) is 2. The van der Waals surface area contributed by atoms with E-state index in [0.717, 1.165) is 36.5 Å². The van der Waals surface area contributed by atoms with Crippen molar-refractivity contribution in [2.24, 2.45) is 0 Å². The Kier molecular flexibility index (Phi) is 5.36. The maximum absolute atomic E-state index is 4.64. The molecule has 0 atom stereocenters. The summed E-state index contributed by atoms with van der Waals surface area (Å²) in [4.78, 5) is 9.23. The van der Waals surface area contributed by atoms with Crippen LogP contribution >= 0.6 is 0 Å². The first-order chi connectivity index (χ1) is 10.5. The molecule has 118 valence electrons. The summed E-state index contributed by atoms with van der Waals surface area (Å²) in [5.74, 6) is 1.53. The highest BCUT2D eigenvalue weighted by Crippen LogP contribution is 2.23. The van der Waals surface area contributed by atoms with Crippen molar-refractivity contribution in [1.82, 2.24) is 9.97 Å². The van der Waals surface area contributed by atoms with Gasteiger partial charge in [0.25, 0.3) is 0 Å². The molecule has 0 radical (unpaired) electrons. The number of benzene rings is 1. The summed E-state index contributed by atoms with van der Waals surface area (Å²) in [6.45, 7) is 9.45. The van der Waals surface area contributed by atoms with Gasteiger partial charge in [-0.1, -0.05) is 43.7 Å². The standard InChI is InChI=1S/C18H26N4/c1-5-6-12-19-17-20-15(14-10-8-7-9-11-14)13-16(21-17)22-18(2,3)4/h7-11,13H,5-6,12H2,1-4H3,(H2,19,20,21,22). The Morgan fingerprint density at radius 3 is 2.41 bits per heavy atom. The molecule has 22 heavy (non-hydrogen) atoms. The van der Waals surface area contributed by atoms with Crippen LogP contribution in [0.4, 0.5) is 11.8 Å². The van der Waals surface area contributed by atoms with Crippen LogP contribution < -0.4 is 10.6 Å². The molecule has 2 rings (SSSR count). The third-order valence-corrected chi connectivity index (χ3v) is 3.11. The van der Waals surface area contributed by atoms with Crippen molar-refractivity contribution in [3.8, 4) is 11.3 Å². The van der Waals surface area contributed by atoms with Crippen LogP contribution in [0.1, 0.15) is 40.5 Å². The molecular formula is C18H26N4. The van der Waals surface area contributed by atoms with Gasteiger partial charge in [-0.05, 0) is 27.2 Å². The number of anilines is 2. The Bertz CT molecular complexity index is 588. The van der Waals surface area contributed by atoms with E-state index in [4.69, 9.17) is 0 Å². The minimum atomic E-state index is -0.0387. The lowest BCUT2D eigenvalue weighted by Crippen LogP contribution is -2.27. The number of rotatable bonds is 6. The average Bonchev–Trinajstić information content (AvgIpc) is 2.46. The van der Waals surface area contributed by atoms with Gasteiger partial charge in [-0.2, -0.15) is 4.98 Å². The lowest BCUT2D eigenvalue weighted by atomic mass is 10.1. The van der Waals surface area contributed by atoms with Crippen LogP contribution in [0.5, 0.6) is 0 Å². The highest BCUT2D eigenvalue weighted by atomic mass is 15.2. The lowest BCUT2D eigenvalue weighted by molar-refractivity contribution is 0.630. The number of hydrogen-bond donors (Lipinski definition) is 2. The summed E-state index contributed by atoms with van der Waals surface area (Å²) in [5.41, 5.74) is 1.99. The number of hydrogen-bond acceptors (Lipinski definition) is 4. The monoisotopic (exact) mass is 298 g/mol. The average molecular weight is 298 g/mol. The van der Waals surface area contributed by atoms with Crippen molar-refractivity contribution in [1.29, 1.82) is 0 Å². The Morgan fingerprint density at radius 2 is 1.77 bits per heavy atom. The van der Waals surface area contributed by atoms with Gasteiger partial charge in [-0.15, -0.1) is 0 Å². The second-order valence-electron chi connectivity index (χ2n) is 6.48. The van der Waals surface area contributed by atoms with Crippen LogP contribution in [0.15, 0.2) is 36.4 Å². The fraction of sp³-hybridized carbons (Fsp3) is 0.444. The summed E-state index contributed by atoms with van der Waals surface area (Å²) in [5, 5.41) is 6.75. The van der Waals surface area contributed by atoms with Gasteiger partial charge < -0.3 is 10.6 Å². The van der Waals surface area contributed by atoms with Gasteiger partial charge in [0.05, 0.1) is 5.69 Å². The first-order valence-electron chi connectivity index (χ1n) is 7.94. The van der Waals surface area contributed by atoms with E-state index < -0.39 is 0 Å². The Morgan fingerprint density at radius 1 is 1.05 bits per heavy atom. The number of unbranched alkanes of at least 4 members (excludes halogenated alkanes) is 1. The quantitative estimate of drug-likeness (QED) is 0.767. The molecule has 0 aliphatic rings. The van der Waals surface area contributed by atoms with E-state index in [1.165, 1.54) is 0 Å². The van der Waals surface area contributed by atoms with E-state index in [1.807, 2.05) is 24.3 Å². The van der Waals surface area contributed by atoms with Gasteiger partial charge in [0.1, 0.15) is 5.82 Å². The number of nitrogens with zero attached hydrogens (tertiary/aromatic N) is 2. The van der Waals surface area contributed by atoms with E-state index in [1.54, 1.807) is 0 Å². The van der Waals surface area contributed by atoms with Crippen molar-refractivity contribution in [3.63, 3.8) is 0 Å². The highest BCUT2D eigenvalue weighted by molar-refractivity contribution is 5.64. The Balaban J connectivity index is 2.31. The first-order valence-corrected chi connectivity index (χ1v) is 7.94. The van der Waals surface area contributed by atoms with E-state index >= 15 is 0 Å². The summed E-state index contributed by atoms with van der Waals surface area (Å²) >= 11 is 0. The third kappa shape index (κ3) is 5.02. The molecule has 0 amide bonds.